The average Bonchev–Trinajstić information content (AvgIpc) is 2.90. The van der Waals surface area contributed by atoms with Crippen molar-refractivity contribution >= 4 is 11.6 Å². The zero-order chi connectivity index (χ0) is 14.8. The first kappa shape index (κ1) is 13.3. The minimum absolute atomic E-state index is 0.382. The van der Waals surface area contributed by atoms with Crippen molar-refractivity contribution in [3.05, 3.63) is 65.1 Å². The lowest BCUT2D eigenvalue weighted by Crippen LogP contribution is -2.03. The van der Waals surface area contributed by atoms with Gasteiger partial charge < -0.3 is 4.74 Å². The maximum absolute atomic E-state index is 11.5. The molecule has 0 N–H and O–H groups in total. The van der Waals surface area contributed by atoms with Gasteiger partial charge in [0.15, 0.2) is 11.5 Å². The number of carbonyl (C=O) groups excluding carboxylic acids is 1. The number of nitrogens with zero attached hydrogens (tertiary/aromatic N) is 3. The molecule has 0 spiro atoms. The first-order valence-electron chi connectivity index (χ1n) is 6.65. The van der Waals surface area contributed by atoms with Gasteiger partial charge in [0.2, 0.25) is 0 Å². The van der Waals surface area contributed by atoms with Crippen LogP contribution in [0.4, 0.5) is 0 Å². The maximum atomic E-state index is 11.5. The molecule has 3 aromatic rings. The zero-order valence-electron chi connectivity index (χ0n) is 11.9. The summed E-state index contributed by atoms with van der Waals surface area (Å²) in [5.41, 5.74) is 3.55. The van der Waals surface area contributed by atoms with Gasteiger partial charge in [0.25, 0.3) is 0 Å². The molecule has 0 aliphatic carbocycles. The second-order valence-electron chi connectivity index (χ2n) is 4.90. The van der Waals surface area contributed by atoms with E-state index in [9.17, 15) is 4.79 Å². The molecule has 0 saturated carbocycles. The summed E-state index contributed by atoms with van der Waals surface area (Å²) in [4.78, 5) is 16.0. The standard InChI is InChI=1S/C16H15N3O2/c1-11-3-5-12(6-4-11)9-14-17-15-8-7-13(16(20)21-2)10-19(15)18-14/h3-8,10H,9H2,1-2H3. The number of aromatic nitrogens is 3. The van der Waals surface area contributed by atoms with Gasteiger partial charge in [-0.3, -0.25) is 0 Å². The molecule has 2 heterocycles. The van der Waals surface area contributed by atoms with E-state index in [0.717, 1.165) is 11.4 Å². The number of ether oxygens (including phenoxy) is 1. The third kappa shape index (κ3) is 2.76. The Bertz CT molecular complexity index is 791. The third-order valence-corrected chi connectivity index (χ3v) is 3.28. The Morgan fingerprint density at radius 1 is 1.19 bits per heavy atom. The summed E-state index contributed by atoms with van der Waals surface area (Å²) in [5.74, 6) is 0.341. The van der Waals surface area contributed by atoms with Gasteiger partial charge in [-0.05, 0) is 24.6 Å². The molecule has 0 unspecified atom stereocenters. The van der Waals surface area contributed by atoms with Crippen molar-refractivity contribution in [2.75, 3.05) is 7.11 Å². The van der Waals surface area contributed by atoms with Gasteiger partial charge in [0.05, 0.1) is 12.7 Å². The second kappa shape index (κ2) is 5.36. The molecule has 1 aromatic carbocycles. The number of hydrogen-bond donors (Lipinski definition) is 0. The average molecular weight is 281 g/mol. The summed E-state index contributed by atoms with van der Waals surface area (Å²) in [6.07, 6.45) is 2.29. The molecule has 21 heavy (non-hydrogen) atoms. The Kier molecular flexibility index (Phi) is 3.39. The molecule has 0 fully saturated rings. The molecule has 3 rings (SSSR count). The highest BCUT2D eigenvalue weighted by molar-refractivity contribution is 5.89. The van der Waals surface area contributed by atoms with Crippen molar-refractivity contribution < 1.29 is 9.53 Å². The fourth-order valence-electron chi connectivity index (χ4n) is 2.13. The van der Waals surface area contributed by atoms with Crippen LogP contribution in [0.5, 0.6) is 0 Å². The largest absolute Gasteiger partial charge is 0.465 e. The van der Waals surface area contributed by atoms with E-state index in [0.29, 0.717) is 17.6 Å². The molecular formula is C16H15N3O2. The predicted octanol–water partition coefficient (Wildman–Crippen LogP) is 2.42. The topological polar surface area (TPSA) is 56.5 Å². The van der Waals surface area contributed by atoms with Crippen LogP contribution in [0.15, 0.2) is 42.6 Å². The maximum Gasteiger partial charge on any atom is 0.339 e. The number of aryl methyl sites for hydroxylation is 1. The van der Waals surface area contributed by atoms with E-state index < -0.39 is 0 Å². The van der Waals surface area contributed by atoms with Crippen LogP contribution in [-0.4, -0.2) is 27.7 Å². The van der Waals surface area contributed by atoms with Gasteiger partial charge in [0.1, 0.15) is 0 Å². The molecule has 2 aromatic heterocycles. The fourth-order valence-corrected chi connectivity index (χ4v) is 2.13. The number of pyridine rings is 1. The number of esters is 1. The summed E-state index contributed by atoms with van der Waals surface area (Å²) >= 11 is 0. The summed E-state index contributed by atoms with van der Waals surface area (Å²) in [7, 11) is 1.36. The van der Waals surface area contributed by atoms with Crippen LogP contribution >= 0.6 is 0 Å². The van der Waals surface area contributed by atoms with Gasteiger partial charge in [-0.15, -0.1) is 0 Å². The minimum Gasteiger partial charge on any atom is -0.465 e. The van der Waals surface area contributed by atoms with Crippen LogP contribution in [0.3, 0.4) is 0 Å². The smallest absolute Gasteiger partial charge is 0.339 e. The number of hydrogen-bond acceptors (Lipinski definition) is 4. The third-order valence-electron chi connectivity index (χ3n) is 3.28. The Morgan fingerprint density at radius 2 is 1.95 bits per heavy atom. The quantitative estimate of drug-likeness (QED) is 0.692. The Morgan fingerprint density at radius 3 is 2.67 bits per heavy atom. The molecule has 0 bridgehead atoms. The van der Waals surface area contributed by atoms with Gasteiger partial charge >= 0.3 is 5.97 Å². The van der Waals surface area contributed by atoms with E-state index in [1.54, 1.807) is 22.8 Å². The van der Waals surface area contributed by atoms with Gasteiger partial charge in [-0.25, -0.2) is 14.3 Å². The van der Waals surface area contributed by atoms with E-state index in [1.165, 1.54) is 12.7 Å². The molecule has 0 radical (unpaired) electrons. The van der Waals surface area contributed by atoms with Crippen LogP contribution in [0.2, 0.25) is 0 Å². The molecule has 5 heteroatoms. The van der Waals surface area contributed by atoms with Crippen molar-refractivity contribution in [1.29, 1.82) is 0 Å². The lowest BCUT2D eigenvalue weighted by Gasteiger charge is -1.98. The molecule has 5 nitrogen and oxygen atoms in total. The highest BCUT2D eigenvalue weighted by atomic mass is 16.5. The van der Waals surface area contributed by atoms with E-state index in [-0.39, 0.29) is 5.97 Å². The number of benzene rings is 1. The minimum atomic E-state index is -0.382. The summed E-state index contributed by atoms with van der Waals surface area (Å²) in [6, 6.07) is 11.7. The zero-order valence-corrected chi connectivity index (χ0v) is 11.9. The monoisotopic (exact) mass is 281 g/mol. The van der Waals surface area contributed by atoms with Crippen LogP contribution in [0, 0.1) is 6.92 Å². The molecule has 0 saturated heterocycles. The summed E-state index contributed by atoms with van der Waals surface area (Å²) in [5, 5.41) is 4.41. The highest BCUT2D eigenvalue weighted by Gasteiger charge is 2.09. The van der Waals surface area contributed by atoms with Gasteiger partial charge in [-0.1, -0.05) is 29.8 Å². The first-order valence-corrected chi connectivity index (χ1v) is 6.65. The number of rotatable bonds is 3. The number of methoxy groups -OCH3 is 1. The van der Waals surface area contributed by atoms with Crippen molar-refractivity contribution in [2.24, 2.45) is 0 Å². The predicted molar refractivity (Wildman–Crippen MR) is 78.3 cm³/mol. The van der Waals surface area contributed by atoms with Gasteiger partial charge in [-0.2, -0.15) is 5.10 Å². The summed E-state index contributed by atoms with van der Waals surface area (Å²) < 4.78 is 6.31. The SMILES string of the molecule is COC(=O)c1ccc2nc(Cc3ccc(C)cc3)nn2c1. The highest BCUT2D eigenvalue weighted by Crippen LogP contribution is 2.11. The fraction of sp³-hybridized carbons (Fsp3) is 0.188. The van der Waals surface area contributed by atoms with Crippen molar-refractivity contribution in [1.82, 2.24) is 14.6 Å². The van der Waals surface area contributed by atoms with Crippen LogP contribution in [-0.2, 0) is 11.2 Å². The second-order valence-corrected chi connectivity index (χ2v) is 4.90. The lowest BCUT2D eigenvalue weighted by atomic mass is 10.1. The van der Waals surface area contributed by atoms with Crippen LogP contribution in [0.25, 0.3) is 5.65 Å². The van der Waals surface area contributed by atoms with Crippen molar-refractivity contribution in [3.63, 3.8) is 0 Å². The van der Waals surface area contributed by atoms with E-state index >= 15 is 0 Å². The Labute approximate surface area is 122 Å². The van der Waals surface area contributed by atoms with Crippen LogP contribution in [0.1, 0.15) is 27.3 Å². The molecule has 0 atom stereocenters. The summed E-state index contributed by atoms with van der Waals surface area (Å²) in [6.45, 7) is 2.06. The van der Waals surface area contributed by atoms with Gasteiger partial charge in [0, 0.05) is 12.6 Å². The van der Waals surface area contributed by atoms with Crippen molar-refractivity contribution in [2.45, 2.75) is 13.3 Å². The van der Waals surface area contributed by atoms with E-state index in [1.807, 2.05) is 0 Å². The van der Waals surface area contributed by atoms with Crippen LogP contribution < -0.4 is 0 Å². The van der Waals surface area contributed by atoms with E-state index in [2.05, 4.69) is 41.3 Å². The normalized spacial score (nSPS) is 10.8. The lowest BCUT2D eigenvalue weighted by molar-refractivity contribution is 0.0600. The molecular weight excluding hydrogens is 266 g/mol. The number of carbonyl (C=O) groups is 1. The molecule has 0 aliphatic heterocycles. The Balaban J connectivity index is 1.90. The number of fused-ring (bicyclic) bond motifs is 1. The molecule has 0 amide bonds. The van der Waals surface area contributed by atoms with Crippen molar-refractivity contribution in [3.8, 4) is 0 Å². The Hall–Kier alpha value is -2.69. The first-order chi connectivity index (χ1) is 10.2. The molecule has 106 valence electrons. The van der Waals surface area contributed by atoms with E-state index in [4.69, 9.17) is 4.74 Å². The molecule has 0 aliphatic rings.